The van der Waals surface area contributed by atoms with E-state index in [1.54, 1.807) is 7.11 Å². The predicted octanol–water partition coefficient (Wildman–Crippen LogP) is 0.887. The first-order chi connectivity index (χ1) is 5.99. The number of hydrogen-bond donors (Lipinski definition) is 2. The van der Waals surface area contributed by atoms with Crippen molar-refractivity contribution in [2.75, 3.05) is 20.7 Å². The Morgan fingerprint density at radius 3 is 2.31 bits per heavy atom. The van der Waals surface area contributed by atoms with E-state index in [1.165, 1.54) is 12.5 Å². The SMILES string of the molecule is CN[SiH](NCCC[Si](C)(C)C)OC. The molecule has 0 bridgehead atoms. The van der Waals surface area contributed by atoms with E-state index in [-0.39, 0.29) is 0 Å². The highest BCUT2D eigenvalue weighted by atomic mass is 28.3. The zero-order chi connectivity index (χ0) is 10.3. The zero-order valence-corrected chi connectivity index (χ0v) is 11.8. The molecule has 0 spiro atoms. The molecule has 5 heteroatoms. The van der Waals surface area contributed by atoms with Crippen molar-refractivity contribution in [2.45, 2.75) is 32.1 Å². The molecule has 0 rings (SSSR count). The average Bonchev–Trinajstić information content (AvgIpc) is 2.03. The monoisotopic (exact) mass is 220 g/mol. The summed E-state index contributed by atoms with van der Waals surface area (Å²) in [6, 6.07) is 1.40. The largest absolute Gasteiger partial charge is 0.397 e. The molecule has 0 aromatic carbocycles. The molecule has 1 unspecified atom stereocenters. The summed E-state index contributed by atoms with van der Waals surface area (Å²) >= 11 is 0. The van der Waals surface area contributed by atoms with Gasteiger partial charge in [0.2, 0.25) is 0 Å². The molecule has 0 aliphatic heterocycles. The molecule has 13 heavy (non-hydrogen) atoms. The lowest BCUT2D eigenvalue weighted by atomic mass is 10.5. The van der Waals surface area contributed by atoms with E-state index in [4.69, 9.17) is 4.43 Å². The highest BCUT2D eigenvalue weighted by Gasteiger charge is 2.12. The Balaban J connectivity index is 3.34. The molecule has 0 fully saturated rings. The van der Waals surface area contributed by atoms with Gasteiger partial charge in [0.05, 0.1) is 0 Å². The minimum absolute atomic E-state index is 0.835. The van der Waals surface area contributed by atoms with E-state index in [1.807, 2.05) is 7.05 Å². The molecular formula is C8H24N2OSi2. The van der Waals surface area contributed by atoms with Gasteiger partial charge in [0.1, 0.15) is 0 Å². The fourth-order valence-corrected chi connectivity index (χ4v) is 3.47. The lowest BCUT2D eigenvalue weighted by Crippen LogP contribution is -2.47. The molecule has 0 saturated carbocycles. The molecule has 0 amide bonds. The second kappa shape index (κ2) is 6.72. The van der Waals surface area contributed by atoms with Crippen LogP contribution in [0.2, 0.25) is 25.7 Å². The van der Waals surface area contributed by atoms with Crippen LogP contribution in [0.4, 0.5) is 0 Å². The van der Waals surface area contributed by atoms with E-state index in [0.717, 1.165) is 6.54 Å². The van der Waals surface area contributed by atoms with Crippen LogP contribution < -0.4 is 9.96 Å². The second-order valence-corrected chi connectivity index (χ2v) is 12.4. The van der Waals surface area contributed by atoms with Gasteiger partial charge < -0.3 is 14.4 Å². The maximum absolute atomic E-state index is 5.26. The first-order valence-electron chi connectivity index (χ1n) is 4.93. The van der Waals surface area contributed by atoms with E-state index in [9.17, 15) is 0 Å². The normalized spacial score (nSPS) is 14.5. The Bertz CT molecular complexity index is 124. The van der Waals surface area contributed by atoms with E-state index < -0.39 is 17.4 Å². The second-order valence-electron chi connectivity index (χ2n) is 4.52. The Morgan fingerprint density at radius 1 is 1.31 bits per heavy atom. The molecule has 0 radical (unpaired) electrons. The fourth-order valence-electron chi connectivity index (χ4n) is 1.16. The van der Waals surface area contributed by atoms with Gasteiger partial charge in [-0.3, -0.25) is 0 Å². The van der Waals surface area contributed by atoms with Gasteiger partial charge in [-0.05, 0) is 20.0 Å². The third-order valence-corrected chi connectivity index (χ3v) is 5.44. The van der Waals surface area contributed by atoms with Gasteiger partial charge in [0.25, 0.3) is 0 Å². The van der Waals surface area contributed by atoms with E-state index >= 15 is 0 Å². The molecule has 0 saturated heterocycles. The Hall–Kier alpha value is 0.314. The molecule has 0 aliphatic rings. The van der Waals surface area contributed by atoms with Crippen LogP contribution in [0.3, 0.4) is 0 Å². The summed E-state index contributed by atoms with van der Waals surface area (Å²) in [4.78, 5) is 6.59. The van der Waals surface area contributed by atoms with Crippen LogP contribution in [-0.2, 0) is 4.43 Å². The topological polar surface area (TPSA) is 33.3 Å². The van der Waals surface area contributed by atoms with Gasteiger partial charge in [0, 0.05) is 15.2 Å². The fraction of sp³-hybridized carbons (Fsp3) is 1.00. The summed E-state index contributed by atoms with van der Waals surface area (Å²) in [5, 5.41) is 0. The first-order valence-corrected chi connectivity index (χ1v) is 10.3. The van der Waals surface area contributed by atoms with Crippen LogP contribution in [-0.4, -0.2) is 38.1 Å². The van der Waals surface area contributed by atoms with Gasteiger partial charge in [-0.1, -0.05) is 25.7 Å². The lowest BCUT2D eigenvalue weighted by Gasteiger charge is -2.17. The summed E-state index contributed by atoms with van der Waals surface area (Å²) in [6.07, 6.45) is 1.28. The van der Waals surface area contributed by atoms with Crippen molar-refractivity contribution in [2.24, 2.45) is 0 Å². The average molecular weight is 220 g/mol. The third kappa shape index (κ3) is 8.64. The number of hydrogen-bond acceptors (Lipinski definition) is 3. The summed E-state index contributed by atoms with van der Waals surface area (Å²) in [5.74, 6) is 0. The van der Waals surface area contributed by atoms with Crippen LogP contribution in [0, 0.1) is 0 Å². The van der Waals surface area contributed by atoms with Crippen molar-refractivity contribution in [3.63, 3.8) is 0 Å². The van der Waals surface area contributed by atoms with E-state index in [0.29, 0.717) is 0 Å². The Morgan fingerprint density at radius 2 is 1.92 bits per heavy atom. The number of rotatable bonds is 7. The Labute approximate surface area is 85.1 Å². The van der Waals surface area contributed by atoms with Gasteiger partial charge in [-0.2, -0.15) is 0 Å². The smallest absolute Gasteiger partial charge is 0.334 e. The van der Waals surface area contributed by atoms with Crippen LogP contribution in [0.15, 0.2) is 0 Å². The van der Waals surface area contributed by atoms with Crippen molar-refractivity contribution >= 4 is 17.4 Å². The van der Waals surface area contributed by atoms with Crippen molar-refractivity contribution in [1.29, 1.82) is 0 Å². The van der Waals surface area contributed by atoms with Gasteiger partial charge in [0.15, 0.2) is 0 Å². The standard InChI is InChI=1S/C8H24N2OSi2/c1-9-12(11-2)10-7-6-8-13(3,4)5/h9-10,12H,6-8H2,1-5H3. The van der Waals surface area contributed by atoms with Gasteiger partial charge in [-0.15, -0.1) is 0 Å². The maximum atomic E-state index is 5.26. The first kappa shape index (κ1) is 13.3. The van der Waals surface area contributed by atoms with Crippen LogP contribution >= 0.6 is 0 Å². The van der Waals surface area contributed by atoms with Crippen molar-refractivity contribution in [3.8, 4) is 0 Å². The maximum Gasteiger partial charge on any atom is 0.334 e. The molecule has 0 aliphatic carbocycles. The molecular weight excluding hydrogens is 196 g/mol. The van der Waals surface area contributed by atoms with Crippen molar-refractivity contribution < 1.29 is 4.43 Å². The molecule has 0 aromatic heterocycles. The van der Waals surface area contributed by atoms with Crippen molar-refractivity contribution in [1.82, 2.24) is 9.96 Å². The predicted molar refractivity (Wildman–Crippen MR) is 64.0 cm³/mol. The quantitative estimate of drug-likeness (QED) is 0.494. The third-order valence-electron chi connectivity index (χ3n) is 1.93. The lowest BCUT2D eigenvalue weighted by molar-refractivity contribution is 0.397. The summed E-state index contributed by atoms with van der Waals surface area (Å²) in [7, 11) is 1.62. The highest BCUT2D eigenvalue weighted by molar-refractivity contribution is 6.76. The zero-order valence-electron chi connectivity index (χ0n) is 9.61. The van der Waals surface area contributed by atoms with Crippen LogP contribution in [0.5, 0.6) is 0 Å². The summed E-state index contributed by atoms with van der Waals surface area (Å²) < 4.78 is 5.26. The van der Waals surface area contributed by atoms with Crippen LogP contribution in [0.25, 0.3) is 0 Å². The highest BCUT2D eigenvalue weighted by Crippen LogP contribution is 2.09. The molecule has 2 N–H and O–H groups in total. The molecule has 3 nitrogen and oxygen atoms in total. The molecule has 80 valence electrons. The molecule has 1 atom stereocenters. The molecule has 0 heterocycles. The molecule has 0 aromatic rings. The van der Waals surface area contributed by atoms with Gasteiger partial charge >= 0.3 is 9.36 Å². The minimum Gasteiger partial charge on any atom is -0.397 e. The van der Waals surface area contributed by atoms with Gasteiger partial charge in [-0.25, -0.2) is 0 Å². The van der Waals surface area contributed by atoms with E-state index in [2.05, 4.69) is 29.6 Å². The summed E-state index contributed by atoms with van der Waals surface area (Å²) in [5.41, 5.74) is 0. The van der Waals surface area contributed by atoms with Crippen LogP contribution in [0.1, 0.15) is 6.42 Å². The summed E-state index contributed by atoms with van der Waals surface area (Å²) in [6.45, 7) is 8.33. The minimum atomic E-state index is -1.26. The van der Waals surface area contributed by atoms with Crippen molar-refractivity contribution in [3.05, 3.63) is 0 Å². The Kier molecular flexibility index (Phi) is 6.88. The number of nitrogens with one attached hydrogen (secondary N) is 2.